The van der Waals surface area contributed by atoms with Gasteiger partial charge in [0.25, 0.3) is 0 Å². The van der Waals surface area contributed by atoms with E-state index in [1.165, 1.54) is 0 Å². The Morgan fingerprint density at radius 2 is 0.380 bits per heavy atom. The second-order valence-electron chi connectivity index (χ2n) is 27.4. The molecule has 0 spiro atoms. The highest BCUT2D eigenvalue weighted by Gasteiger charge is 2.56. The second kappa shape index (κ2) is 42.5. The molecule has 0 saturated carbocycles. The Balaban J connectivity index is 0.801. The van der Waals surface area contributed by atoms with E-state index in [1.54, 1.807) is 223 Å². The van der Waals surface area contributed by atoms with Gasteiger partial charge < -0.3 is 73.3 Å². The highest BCUT2D eigenvalue weighted by Crippen LogP contribution is 2.40. The summed E-state index contributed by atoms with van der Waals surface area (Å²) >= 11 is 0. The molecule has 9 rings (SSSR count). The zero-order chi connectivity index (χ0) is 76.5. The number of ether oxygens (including phenoxy) is 12. The summed E-state index contributed by atoms with van der Waals surface area (Å²) in [5, 5.41) is 0. The van der Waals surface area contributed by atoms with Crippen LogP contribution in [0, 0.1) is 0 Å². The van der Waals surface area contributed by atoms with Gasteiger partial charge in [0, 0.05) is 0 Å². The first-order valence-electron chi connectivity index (χ1n) is 37.5. The summed E-state index contributed by atoms with van der Waals surface area (Å²) in [6.07, 6.45) is 14.7. The van der Waals surface area contributed by atoms with Gasteiger partial charge in [0.15, 0.2) is 0 Å². The molecular formula is C84H104O20Si4. The van der Waals surface area contributed by atoms with Crippen molar-refractivity contribution in [1.82, 2.24) is 0 Å². The Hall–Kier alpha value is -9.25. The molecule has 8 aromatic carbocycles. The van der Waals surface area contributed by atoms with Crippen LogP contribution in [-0.2, 0) is 16.5 Å². The zero-order valence-electron chi connectivity index (χ0n) is 63.6. The molecule has 0 N–H and O–H groups in total. The van der Waals surface area contributed by atoms with Crippen LogP contribution in [0.1, 0.15) is 144 Å². The molecule has 0 aromatic heterocycles. The van der Waals surface area contributed by atoms with Crippen molar-refractivity contribution < 1.29 is 92.5 Å². The van der Waals surface area contributed by atoms with Crippen molar-refractivity contribution in [3.8, 4) is 69.0 Å². The van der Waals surface area contributed by atoms with E-state index in [4.69, 9.17) is 73.3 Å². The maximum atomic E-state index is 12.9. The van der Waals surface area contributed by atoms with Crippen LogP contribution in [-0.4, -0.2) is 113 Å². The standard InChI is InChI=1S/C84H104O20Si4/c1-89-69-41-49-77(50-42-69)97-81(85)65-25-33-73(34-26-65)93-57-17-9-13-21-61-105(5)101-106(6,62-22-14-10-18-58-94-74-35-27-66(28-36-74)82(86)98-78-51-43-70(90-2)44-52-78)103-108(8,64-24-16-12-20-60-96-76-39-31-68(32-40-76)84(88)100-80-55-47-72(92-4)48-56-80)104-107(7,102-105)63-23-15-11-19-59-95-75-37-29-67(30-38-75)83(87)99-79-53-45-71(91-3)46-54-79/h25-56H,9-24,57-64H2,1-8H3. The first-order chi connectivity index (χ1) is 52.3. The van der Waals surface area contributed by atoms with Crippen LogP contribution in [0.3, 0.4) is 0 Å². The molecule has 0 bridgehead atoms. The monoisotopic (exact) mass is 1540 g/mol. The fourth-order valence-electron chi connectivity index (χ4n) is 12.7. The van der Waals surface area contributed by atoms with Gasteiger partial charge in [-0.1, -0.05) is 77.0 Å². The van der Waals surface area contributed by atoms with Gasteiger partial charge >= 0.3 is 58.1 Å². The largest absolute Gasteiger partial charge is 0.497 e. The molecule has 24 heteroatoms. The third-order valence-electron chi connectivity index (χ3n) is 18.3. The summed E-state index contributed by atoms with van der Waals surface area (Å²) in [4.78, 5) is 51.6. The van der Waals surface area contributed by atoms with Gasteiger partial charge in [0.2, 0.25) is 0 Å². The van der Waals surface area contributed by atoms with Crippen molar-refractivity contribution in [2.75, 3.05) is 54.9 Å². The molecule has 0 amide bonds. The maximum absolute atomic E-state index is 12.9. The van der Waals surface area contributed by atoms with Crippen LogP contribution in [0.25, 0.3) is 0 Å². The van der Waals surface area contributed by atoms with E-state index in [2.05, 4.69) is 26.2 Å². The molecule has 1 aliphatic rings. The highest BCUT2D eigenvalue weighted by molar-refractivity contribution is 6.94. The van der Waals surface area contributed by atoms with Crippen molar-refractivity contribution in [1.29, 1.82) is 0 Å². The molecule has 1 aliphatic heterocycles. The van der Waals surface area contributed by atoms with E-state index in [9.17, 15) is 19.2 Å². The Kier molecular flexibility index (Phi) is 32.6. The van der Waals surface area contributed by atoms with Gasteiger partial charge in [-0.25, -0.2) is 19.2 Å². The molecule has 0 radical (unpaired) electrons. The lowest BCUT2D eigenvalue weighted by atomic mass is 10.2. The van der Waals surface area contributed by atoms with Crippen LogP contribution >= 0.6 is 0 Å². The molecule has 0 aliphatic carbocycles. The number of carbonyl (C=O) groups excluding carboxylic acids is 4. The van der Waals surface area contributed by atoms with E-state index >= 15 is 0 Å². The minimum absolute atomic E-state index is 0.423. The number of benzene rings is 8. The molecule has 576 valence electrons. The normalized spacial score (nSPS) is 17.6. The minimum atomic E-state index is -2.96. The van der Waals surface area contributed by atoms with Crippen LogP contribution in [0.2, 0.25) is 50.4 Å². The number of esters is 4. The number of carbonyl (C=O) groups is 4. The van der Waals surface area contributed by atoms with Crippen molar-refractivity contribution in [3.63, 3.8) is 0 Å². The Morgan fingerprint density at radius 3 is 0.556 bits per heavy atom. The number of methoxy groups -OCH3 is 4. The minimum Gasteiger partial charge on any atom is -0.497 e. The molecular weight excluding hydrogens is 1440 g/mol. The number of hydrogen-bond acceptors (Lipinski definition) is 20. The number of hydrogen-bond donors (Lipinski definition) is 0. The summed E-state index contributed by atoms with van der Waals surface area (Å²) in [5.41, 5.74) is 1.69. The average Bonchev–Trinajstić information content (AvgIpc) is 0.765. The number of unbranched alkanes of at least 4 members (excludes halogenated alkanes) is 12. The predicted octanol–water partition coefficient (Wildman–Crippen LogP) is 19.8. The lowest BCUT2D eigenvalue weighted by molar-refractivity contribution is 0.0725. The van der Waals surface area contributed by atoms with E-state index in [0.29, 0.717) is 118 Å². The van der Waals surface area contributed by atoms with E-state index in [-0.39, 0.29) is 0 Å². The zero-order valence-corrected chi connectivity index (χ0v) is 67.6. The van der Waals surface area contributed by atoms with Crippen molar-refractivity contribution in [3.05, 3.63) is 216 Å². The lowest BCUT2D eigenvalue weighted by Gasteiger charge is -2.50. The van der Waals surface area contributed by atoms with Crippen molar-refractivity contribution >= 4 is 58.1 Å². The smallest absolute Gasteiger partial charge is 0.343 e. The lowest BCUT2D eigenvalue weighted by Crippen LogP contribution is -2.67. The molecule has 1 fully saturated rings. The summed E-state index contributed by atoms with van der Waals surface area (Å²) in [5.74, 6) is 5.32. The maximum Gasteiger partial charge on any atom is 0.343 e. The van der Waals surface area contributed by atoms with E-state index < -0.39 is 58.1 Å². The molecule has 1 saturated heterocycles. The molecule has 20 nitrogen and oxygen atoms in total. The number of rotatable bonds is 44. The SMILES string of the molecule is COc1ccc(OC(=O)c2ccc(OCCCCCC[Si]3(C)O[Si](C)(CCCCCCOc4ccc(C(=O)Oc5ccc(OC)cc5)cc4)O[Si](C)(CCCCCCOc4ccc(C(=O)Oc5ccc(OC)cc5)cc4)O[Si](C)(CCCCCCOc4ccc(C(=O)Oc5ccc(OC)cc5)cc4)O3)cc2)cc1. The Bertz CT molecular complexity index is 3480. The molecule has 0 unspecified atom stereocenters. The van der Waals surface area contributed by atoms with Crippen molar-refractivity contribution in [2.24, 2.45) is 0 Å². The quantitative estimate of drug-likeness (QED) is 0.0150. The van der Waals surface area contributed by atoms with Gasteiger partial charge in [-0.2, -0.15) is 0 Å². The first kappa shape index (κ1) is 82.8. The molecule has 8 aromatic rings. The topological polar surface area (TPSA) is 216 Å². The molecule has 1 heterocycles. The third-order valence-corrected chi connectivity index (χ3v) is 37.2. The Labute approximate surface area is 640 Å². The predicted molar refractivity (Wildman–Crippen MR) is 423 cm³/mol. The van der Waals surface area contributed by atoms with Gasteiger partial charge in [0.05, 0.1) is 77.1 Å². The van der Waals surface area contributed by atoms with Gasteiger partial charge in [-0.3, -0.25) is 0 Å². The summed E-state index contributed by atoms with van der Waals surface area (Å²) in [6, 6.07) is 58.7. The van der Waals surface area contributed by atoms with Gasteiger partial charge in [-0.05, 0) is 270 Å². The first-order valence-corrected chi connectivity index (χ1v) is 47.6. The highest BCUT2D eigenvalue weighted by atomic mass is 28.5. The van der Waals surface area contributed by atoms with Crippen LogP contribution < -0.4 is 56.8 Å². The summed E-state index contributed by atoms with van der Waals surface area (Å²) in [6.45, 7) is 11.1. The molecule has 108 heavy (non-hydrogen) atoms. The van der Waals surface area contributed by atoms with E-state index in [0.717, 1.165) is 127 Å². The van der Waals surface area contributed by atoms with Gasteiger partial charge in [0.1, 0.15) is 69.0 Å². The van der Waals surface area contributed by atoms with Crippen LogP contribution in [0.5, 0.6) is 69.0 Å². The van der Waals surface area contributed by atoms with E-state index in [1.807, 2.05) is 0 Å². The fourth-order valence-corrected chi connectivity index (χ4v) is 36.3. The summed E-state index contributed by atoms with van der Waals surface area (Å²) < 4.78 is 98.4. The second-order valence-corrected chi connectivity index (χ2v) is 41.7. The van der Waals surface area contributed by atoms with Crippen molar-refractivity contribution in [2.45, 2.75) is 153 Å². The summed E-state index contributed by atoms with van der Waals surface area (Å²) in [7, 11) is -5.50. The Morgan fingerprint density at radius 1 is 0.222 bits per heavy atom. The van der Waals surface area contributed by atoms with Crippen LogP contribution in [0.15, 0.2) is 194 Å². The fraction of sp³-hybridized carbons (Fsp3) is 0.381. The third kappa shape index (κ3) is 27.8. The average molecular weight is 1550 g/mol. The van der Waals surface area contributed by atoms with Gasteiger partial charge in [-0.15, -0.1) is 0 Å². The van der Waals surface area contributed by atoms with Crippen LogP contribution in [0.4, 0.5) is 0 Å². The molecule has 0 atom stereocenters.